The first-order chi connectivity index (χ1) is 10.6. The monoisotopic (exact) mass is 293 g/mol. The van der Waals surface area contributed by atoms with Crippen molar-refractivity contribution < 1.29 is 0 Å². The van der Waals surface area contributed by atoms with Crippen LogP contribution >= 0.6 is 0 Å². The number of hydrogen-bond acceptors (Lipinski definition) is 5. The molecule has 2 aromatic heterocycles. The molecule has 1 aromatic carbocycles. The van der Waals surface area contributed by atoms with Gasteiger partial charge in [0.15, 0.2) is 5.65 Å². The molecule has 0 N–H and O–H groups in total. The molecule has 0 aliphatic rings. The van der Waals surface area contributed by atoms with Crippen LogP contribution in [0.4, 0.5) is 11.5 Å². The van der Waals surface area contributed by atoms with Gasteiger partial charge >= 0.3 is 0 Å². The van der Waals surface area contributed by atoms with E-state index in [-0.39, 0.29) is 0 Å². The molecule has 0 bridgehead atoms. The lowest BCUT2D eigenvalue weighted by Crippen LogP contribution is -2.18. The van der Waals surface area contributed by atoms with Gasteiger partial charge in [0.1, 0.15) is 11.3 Å². The van der Waals surface area contributed by atoms with Gasteiger partial charge in [0, 0.05) is 45.8 Å². The van der Waals surface area contributed by atoms with E-state index in [1.807, 2.05) is 33.3 Å². The van der Waals surface area contributed by atoms with Gasteiger partial charge in [-0.3, -0.25) is 4.98 Å². The summed E-state index contributed by atoms with van der Waals surface area (Å²) in [5.41, 5.74) is 3.93. The number of nitrogens with zero attached hydrogens (tertiary/aromatic N) is 5. The van der Waals surface area contributed by atoms with Crippen LogP contribution in [0.15, 0.2) is 48.8 Å². The maximum atomic E-state index is 4.56. The molecule has 2 heterocycles. The number of rotatable bonds is 4. The number of aromatic nitrogens is 3. The van der Waals surface area contributed by atoms with Crippen LogP contribution in [-0.4, -0.2) is 36.1 Å². The molecule has 0 spiro atoms. The highest BCUT2D eigenvalue weighted by Crippen LogP contribution is 2.18. The molecule has 0 amide bonds. The molecule has 0 unspecified atom stereocenters. The third-order valence-corrected chi connectivity index (χ3v) is 3.58. The van der Waals surface area contributed by atoms with E-state index in [1.54, 1.807) is 12.4 Å². The van der Waals surface area contributed by atoms with E-state index in [4.69, 9.17) is 0 Å². The highest BCUT2D eigenvalue weighted by Gasteiger charge is 2.06. The van der Waals surface area contributed by atoms with Crippen LogP contribution in [0.1, 0.15) is 5.56 Å². The molecule has 112 valence electrons. The Morgan fingerprint density at radius 3 is 2.32 bits per heavy atom. The lowest BCUT2D eigenvalue weighted by molar-refractivity contribution is 0.900. The van der Waals surface area contributed by atoms with E-state index in [1.165, 1.54) is 11.3 Å². The van der Waals surface area contributed by atoms with Gasteiger partial charge in [-0.2, -0.15) is 0 Å². The minimum atomic E-state index is 0.676. The first kappa shape index (κ1) is 14.3. The van der Waals surface area contributed by atoms with Crippen molar-refractivity contribution >= 4 is 22.7 Å². The SMILES string of the molecule is CN(C)c1ccc(CN(C)c2ccc3nccnc3n2)cc1. The highest BCUT2D eigenvalue weighted by molar-refractivity contribution is 5.71. The first-order valence-corrected chi connectivity index (χ1v) is 7.18. The maximum absolute atomic E-state index is 4.56. The van der Waals surface area contributed by atoms with Gasteiger partial charge in [-0.25, -0.2) is 9.97 Å². The van der Waals surface area contributed by atoms with Crippen molar-refractivity contribution in [2.75, 3.05) is 30.9 Å². The lowest BCUT2D eigenvalue weighted by Gasteiger charge is -2.19. The minimum Gasteiger partial charge on any atom is -0.378 e. The molecule has 0 radical (unpaired) electrons. The summed E-state index contributed by atoms with van der Waals surface area (Å²) in [7, 11) is 6.12. The smallest absolute Gasteiger partial charge is 0.180 e. The Kier molecular flexibility index (Phi) is 3.87. The maximum Gasteiger partial charge on any atom is 0.180 e. The van der Waals surface area contributed by atoms with Crippen LogP contribution in [0, 0.1) is 0 Å². The van der Waals surface area contributed by atoms with E-state index in [0.717, 1.165) is 17.9 Å². The van der Waals surface area contributed by atoms with E-state index < -0.39 is 0 Å². The predicted molar refractivity (Wildman–Crippen MR) is 90.2 cm³/mol. The molecule has 5 nitrogen and oxygen atoms in total. The van der Waals surface area contributed by atoms with E-state index >= 15 is 0 Å². The molecule has 22 heavy (non-hydrogen) atoms. The summed E-state index contributed by atoms with van der Waals surface area (Å²) < 4.78 is 0. The van der Waals surface area contributed by atoms with Gasteiger partial charge < -0.3 is 9.80 Å². The van der Waals surface area contributed by atoms with Crippen LogP contribution in [-0.2, 0) is 6.54 Å². The van der Waals surface area contributed by atoms with Crippen LogP contribution in [0.3, 0.4) is 0 Å². The van der Waals surface area contributed by atoms with E-state index in [2.05, 4.69) is 49.0 Å². The molecule has 3 aromatic rings. The van der Waals surface area contributed by atoms with E-state index in [0.29, 0.717) is 5.65 Å². The Hall–Kier alpha value is -2.69. The summed E-state index contributed by atoms with van der Waals surface area (Å²) in [6.07, 6.45) is 3.35. The second-order valence-electron chi connectivity index (χ2n) is 5.49. The van der Waals surface area contributed by atoms with Crippen molar-refractivity contribution in [1.29, 1.82) is 0 Å². The molecule has 0 aliphatic carbocycles. The predicted octanol–water partition coefficient (Wildman–Crippen LogP) is 2.73. The molecular formula is C17H19N5. The fourth-order valence-electron chi connectivity index (χ4n) is 2.31. The van der Waals surface area contributed by atoms with Crippen molar-refractivity contribution in [2.45, 2.75) is 6.54 Å². The molecule has 0 saturated heterocycles. The lowest BCUT2D eigenvalue weighted by atomic mass is 10.2. The van der Waals surface area contributed by atoms with Gasteiger partial charge in [-0.1, -0.05) is 12.1 Å². The van der Waals surface area contributed by atoms with Crippen LogP contribution < -0.4 is 9.80 Å². The van der Waals surface area contributed by atoms with Crippen molar-refractivity contribution in [3.05, 3.63) is 54.4 Å². The van der Waals surface area contributed by atoms with Crippen LogP contribution in [0.25, 0.3) is 11.2 Å². The molecule has 0 fully saturated rings. The number of fused-ring (bicyclic) bond motifs is 1. The quantitative estimate of drug-likeness (QED) is 0.740. The van der Waals surface area contributed by atoms with Crippen LogP contribution in [0.5, 0.6) is 0 Å². The summed E-state index contributed by atoms with van der Waals surface area (Å²) >= 11 is 0. The zero-order valence-corrected chi connectivity index (χ0v) is 13.1. The molecule has 0 aliphatic heterocycles. The Labute approximate surface area is 130 Å². The Morgan fingerprint density at radius 1 is 0.864 bits per heavy atom. The summed E-state index contributed by atoms with van der Waals surface area (Å²) in [5.74, 6) is 0.893. The number of pyridine rings is 1. The van der Waals surface area contributed by atoms with Gasteiger partial charge in [-0.15, -0.1) is 0 Å². The van der Waals surface area contributed by atoms with Gasteiger partial charge in [-0.05, 0) is 29.8 Å². The van der Waals surface area contributed by atoms with Crippen molar-refractivity contribution in [3.63, 3.8) is 0 Å². The number of anilines is 2. The topological polar surface area (TPSA) is 45.2 Å². The molecule has 0 atom stereocenters. The molecule has 0 saturated carbocycles. The summed E-state index contributed by atoms with van der Waals surface area (Å²) in [5, 5.41) is 0. The second kappa shape index (κ2) is 5.97. The van der Waals surface area contributed by atoms with Crippen molar-refractivity contribution in [1.82, 2.24) is 15.0 Å². The van der Waals surface area contributed by atoms with E-state index in [9.17, 15) is 0 Å². The Morgan fingerprint density at radius 2 is 1.59 bits per heavy atom. The van der Waals surface area contributed by atoms with Crippen molar-refractivity contribution in [3.8, 4) is 0 Å². The van der Waals surface area contributed by atoms with Gasteiger partial charge in [0.2, 0.25) is 0 Å². The fraction of sp³-hybridized carbons (Fsp3) is 0.235. The zero-order valence-electron chi connectivity index (χ0n) is 13.1. The number of benzene rings is 1. The molecular weight excluding hydrogens is 274 g/mol. The normalized spacial score (nSPS) is 10.7. The number of hydrogen-bond donors (Lipinski definition) is 0. The average Bonchev–Trinajstić information content (AvgIpc) is 2.55. The first-order valence-electron chi connectivity index (χ1n) is 7.18. The standard InChI is InChI=1S/C17H19N5/c1-21(2)14-6-4-13(5-7-14)12-22(3)16-9-8-15-17(20-16)19-11-10-18-15/h4-11H,12H2,1-3H3. The largest absolute Gasteiger partial charge is 0.378 e. The average molecular weight is 293 g/mol. The summed E-state index contributed by atoms with van der Waals surface area (Å²) in [4.78, 5) is 17.3. The fourth-order valence-corrected chi connectivity index (χ4v) is 2.31. The third kappa shape index (κ3) is 2.98. The Bertz CT molecular complexity index is 767. The second-order valence-corrected chi connectivity index (χ2v) is 5.49. The molecule has 5 heteroatoms. The Balaban J connectivity index is 1.78. The van der Waals surface area contributed by atoms with Gasteiger partial charge in [0.05, 0.1) is 0 Å². The molecule has 3 rings (SSSR count). The summed E-state index contributed by atoms with van der Waals surface area (Å²) in [6, 6.07) is 12.5. The highest BCUT2D eigenvalue weighted by atomic mass is 15.2. The van der Waals surface area contributed by atoms with Gasteiger partial charge in [0.25, 0.3) is 0 Å². The third-order valence-electron chi connectivity index (χ3n) is 3.58. The van der Waals surface area contributed by atoms with Crippen molar-refractivity contribution in [2.24, 2.45) is 0 Å². The summed E-state index contributed by atoms with van der Waals surface area (Å²) in [6.45, 7) is 0.798. The zero-order chi connectivity index (χ0) is 15.5. The van der Waals surface area contributed by atoms with Crippen LogP contribution in [0.2, 0.25) is 0 Å². The minimum absolute atomic E-state index is 0.676.